The number of H-pyrrole nitrogens is 1. The number of hydrogen-bond donors (Lipinski definition) is 4. The second-order valence-electron chi connectivity index (χ2n) is 2.99. The molecule has 1 rings (SSSR count). The van der Waals surface area contributed by atoms with Crippen molar-refractivity contribution in [2.75, 3.05) is 32.1 Å². The molecule has 8 heteroatoms. The quantitative estimate of drug-likeness (QED) is 0.422. The number of aliphatic hydroxyl groups excluding tert-OH is 1. The highest BCUT2D eigenvalue weighted by Crippen LogP contribution is 1.92. The van der Waals surface area contributed by atoms with Gasteiger partial charge < -0.3 is 20.9 Å². The Morgan fingerprint density at radius 3 is 3.00 bits per heavy atom. The third-order valence-electron chi connectivity index (χ3n) is 1.70. The lowest BCUT2D eigenvalue weighted by atomic mass is 10.4. The molecule has 5 N–H and O–H groups in total. The molecule has 0 saturated carbocycles. The van der Waals surface area contributed by atoms with Crippen LogP contribution in [0, 0.1) is 0 Å². The summed E-state index contributed by atoms with van der Waals surface area (Å²) in [5.74, 6) is -0.225. The number of nitrogens with zero attached hydrogens (tertiary/aromatic N) is 2. The molecule has 0 radical (unpaired) electrons. The van der Waals surface area contributed by atoms with E-state index in [9.17, 15) is 4.79 Å². The van der Waals surface area contributed by atoms with Crippen LogP contribution in [0.15, 0.2) is 0 Å². The SMILES string of the molecule is Nc1n[nH]c(C(=O)NCCCOCCO)n1. The van der Waals surface area contributed by atoms with Crippen molar-refractivity contribution in [2.45, 2.75) is 6.42 Å². The van der Waals surface area contributed by atoms with Gasteiger partial charge in [0.25, 0.3) is 5.91 Å². The number of nitrogens with one attached hydrogen (secondary N) is 2. The number of aromatic nitrogens is 3. The summed E-state index contributed by atoms with van der Waals surface area (Å²) in [4.78, 5) is 15.0. The highest BCUT2D eigenvalue weighted by molar-refractivity contribution is 5.90. The van der Waals surface area contributed by atoms with Gasteiger partial charge in [0.2, 0.25) is 11.8 Å². The molecule has 8 nitrogen and oxygen atoms in total. The molecule has 1 aromatic heterocycles. The summed E-state index contributed by atoms with van der Waals surface area (Å²) >= 11 is 0. The minimum Gasteiger partial charge on any atom is -0.394 e. The fourth-order valence-electron chi connectivity index (χ4n) is 1.00. The van der Waals surface area contributed by atoms with Gasteiger partial charge in [-0.3, -0.25) is 9.89 Å². The van der Waals surface area contributed by atoms with Gasteiger partial charge in [-0.25, -0.2) is 0 Å². The third-order valence-corrected chi connectivity index (χ3v) is 1.70. The molecular weight excluding hydrogens is 214 g/mol. The lowest BCUT2D eigenvalue weighted by molar-refractivity contribution is 0.0863. The van der Waals surface area contributed by atoms with E-state index in [1.807, 2.05) is 0 Å². The Balaban J connectivity index is 2.11. The van der Waals surface area contributed by atoms with Gasteiger partial charge in [0.05, 0.1) is 13.2 Å². The number of hydrogen-bond acceptors (Lipinski definition) is 6. The zero-order chi connectivity index (χ0) is 11.8. The van der Waals surface area contributed by atoms with Crippen molar-refractivity contribution >= 4 is 11.9 Å². The Bertz CT molecular complexity index is 327. The summed E-state index contributed by atoms with van der Waals surface area (Å²) < 4.78 is 5.02. The number of carbonyl (C=O) groups is 1. The predicted octanol–water partition coefficient (Wildman–Crippen LogP) is -1.48. The topological polar surface area (TPSA) is 126 Å². The van der Waals surface area contributed by atoms with Crippen LogP contribution in [0.1, 0.15) is 17.0 Å². The average molecular weight is 229 g/mol. The lowest BCUT2D eigenvalue weighted by Crippen LogP contribution is -2.26. The first-order chi connectivity index (χ1) is 7.74. The van der Waals surface area contributed by atoms with Gasteiger partial charge in [0.1, 0.15) is 0 Å². The van der Waals surface area contributed by atoms with Crippen LogP contribution in [-0.4, -0.2) is 52.6 Å². The summed E-state index contributed by atoms with van der Waals surface area (Å²) in [6, 6.07) is 0. The van der Waals surface area contributed by atoms with Crippen molar-refractivity contribution in [1.82, 2.24) is 20.5 Å². The lowest BCUT2D eigenvalue weighted by Gasteiger charge is -2.03. The van der Waals surface area contributed by atoms with E-state index in [1.54, 1.807) is 0 Å². The van der Waals surface area contributed by atoms with Crippen molar-refractivity contribution in [3.63, 3.8) is 0 Å². The van der Waals surface area contributed by atoms with Crippen molar-refractivity contribution < 1.29 is 14.6 Å². The Morgan fingerprint density at radius 2 is 2.38 bits per heavy atom. The van der Waals surface area contributed by atoms with Crippen LogP contribution in [0.2, 0.25) is 0 Å². The van der Waals surface area contributed by atoms with E-state index in [0.717, 1.165) is 0 Å². The first-order valence-corrected chi connectivity index (χ1v) is 4.88. The average Bonchev–Trinajstić information content (AvgIpc) is 2.70. The van der Waals surface area contributed by atoms with E-state index >= 15 is 0 Å². The number of aromatic amines is 1. The highest BCUT2D eigenvalue weighted by Gasteiger charge is 2.08. The summed E-state index contributed by atoms with van der Waals surface area (Å²) in [7, 11) is 0. The van der Waals surface area contributed by atoms with Crippen molar-refractivity contribution in [1.29, 1.82) is 0 Å². The Morgan fingerprint density at radius 1 is 1.56 bits per heavy atom. The molecule has 0 spiro atoms. The first-order valence-electron chi connectivity index (χ1n) is 4.88. The van der Waals surface area contributed by atoms with Gasteiger partial charge >= 0.3 is 0 Å². The maximum atomic E-state index is 11.4. The highest BCUT2D eigenvalue weighted by atomic mass is 16.5. The minimum atomic E-state index is -0.355. The van der Waals surface area contributed by atoms with Crippen molar-refractivity contribution in [3.05, 3.63) is 5.82 Å². The third kappa shape index (κ3) is 4.24. The Kier molecular flexibility index (Phi) is 5.23. The summed E-state index contributed by atoms with van der Waals surface area (Å²) in [6.07, 6.45) is 0.662. The van der Waals surface area contributed by atoms with Crippen LogP contribution in [0.25, 0.3) is 0 Å². The maximum Gasteiger partial charge on any atom is 0.288 e. The Labute approximate surface area is 92.2 Å². The molecular formula is C8H15N5O3. The predicted molar refractivity (Wildman–Crippen MR) is 55.7 cm³/mol. The van der Waals surface area contributed by atoms with E-state index in [0.29, 0.717) is 26.2 Å². The van der Waals surface area contributed by atoms with E-state index in [-0.39, 0.29) is 24.3 Å². The second-order valence-corrected chi connectivity index (χ2v) is 2.99. The monoisotopic (exact) mass is 229 g/mol. The van der Waals surface area contributed by atoms with Gasteiger partial charge in [-0.05, 0) is 6.42 Å². The van der Waals surface area contributed by atoms with Crippen LogP contribution in [0.4, 0.5) is 5.95 Å². The molecule has 1 aromatic rings. The number of rotatable bonds is 7. The van der Waals surface area contributed by atoms with Crippen LogP contribution < -0.4 is 11.1 Å². The molecule has 0 aromatic carbocycles. The molecule has 0 aliphatic heterocycles. The van der Waals surface area contributed by atoms with Gasteiger partial charge in [0, 0.05) is 13.2 Å². The van der Waals surface area contributed by atoms with Crippen LogP contribution in [0.3, 0.4) is 0 Å². The summed E-state index contributed by atoms with van der Waals surface area (Å²) in [6.45, 7) is 1.26. The molecule has 0 aliphatic carbocycles. The van der Waals surface area contributed by atoms with Crippen LogP contribution in [0.5, 0.6) is 0 Å². The van der Waals surface area contributed by atoms with Gasteiger partial charge in [-0.1, -0.05) is 0 Å². The zero-order valence-corrected chi connectivity index (χ0v) is 8.77. The number of ether oxygens (including phenoxy) is 1. The molecule has 90 valence electrons. The molecule has 0 saturated heterocycles. The first kappa shape index (κ1) is 12.4. The van der Waals surface area contributed by atoms with E-state index in [2.05, 4.69) is 20.5 Å². The van der Waals surface area contributed by atoms with E-state index in [1.165, 1.54) is 0 Å². The van der Waals surface area contributed by atoms with Gasteiger partial charge in [-0.2, -0.15) is 4.98 Å². The number of amides is 1. The fraction of sp³-hybridized carbons (Fsp3) is 0.625. The van der Waals surface area contributed by atoms with Crippen molar-refractivity contribution in [3.8, 4) is 0 Å². The number of aliphatic hydroxyl groups is 1. The number of anilines is 1. The number of nitrogen functional groups attached to an aromatic ring is 1. The summed E-state index contributed by atoms with van der Waals surface area (Å²) in [5.41, 5.74) is 5.25. The molecule has 0 fully saturated rings. The molecule has 0 unspecified atom stereocenters. The minimum absolute atomic E-state index is 0.00367. The van der Waals surface area contributed by atoms with Crippen LogP contribution in [-0.2, 0) is 4.74 Å². The molecule has 0 atom stereocenters. The van der Waals surface area contributed by atoms with E-state index < -0.39 is 0 Å². The normalized spacial score (nSPS) is 10.3. The van der Waals surface area contributed by atoms with E-state index in [4.69, 9.17) is 15.6 Å². The maximum absolute atomic E-state index is 11.4. The number of nitrogens with two attached hydrogens (primary N) is 1. The van der Waals surface area contributed by atoms with Gasteiger partial charge in [0.15, 0.2) is 0 Å². The fourth-order valence-corrected chi connectivity index (χ4v) is 1.00. The number of carbonyl (C=O) groups excluding carboxylic acids is 1. The van der Waals surface area contributed by atoms with Gasteiger partial charge in [-0.15, -0.1) is 5.10 Å². The largest absolute Gasteiger partial charge is 0.394 e. The van der Waals surface area contributed by atoms with Crippen molar-refractivity contribution in [2.24, 2.45) is 0 Å². The molecule has 1 heterocycles. The molecule has 16 heavy (non-hydrogen) atoms. The zero-order valence-electron chi connectivity index (χ0n) is 8.77. The molecule has 0 bridgehead atoms. The smallest absolute Gasteiger partial charge is 0.288 e. The summed E-state index contributed by atoms with van der Waals surface area (Å²) in [5, 5.41) is 17.0. The standard InChI is InChI=1S/C8H15N5O3/c9-8-11-6(12-13-8)7(15)10-2-1-4-16-5-3-14/h14H,1-5H2,(H,10,15)(H3,9,11,12,13). The van der Waals surface area contributed by atoms with Crippen LogP contribution >= 0.6 is 0 Å². The molecule has 1 amide bonds. The second kappa shape index (κ2) is 6.75. The Hall–Kier alpha value is -1.67. The molecule has 0 aliphatic rings.